The van der Waals surface area contributed by atoms with Crippen LogP contribution in [0.2, 0.25) is 0 Å². The van der Waals surface area contributed by atoms with Crippen LogP contribution in [-0.2, 0) is 6.42 Å². The monoisotopic (exact) mass is 415 g/mol. The fraction of sp³-hybridized carbons (Fsp3) is 0.545. The number of para-hydroxylation sites is 2. The minimum Gasteiger partial charge on any atom is -0.495 e. The number of rotatable bonds is 9. The van der Waals surface area contributed by atoms with E-state index in [1.54, 1.807) is 18.4 Å². The molecule has 0 aliphatic carbocycles. The largest absolute Gasteiger partial charge is 0.495 e. The van der Waals surface area contributed by atoms with E-state index in [-0.39, 0.29) is 0 Å². The van der Waals surface area contributed by atoms with Crippen molar-refractivity contribution in [1.82, 2.24) is 15.6 Å². The maximum Gasteiger partial charge on any atom is 0.191 e. The number of benzene rings is 1. The molecule has 2 N–H and O–H groups in total. The minimum atomic E-state index is 0.385. The number of aliphatic imine (C=N–C) groups is 1. The van der Waals surface area contributed by atoms with Gasteiger partial charge in [0.25, 0.3) is 0 Å². The zero-order valence-corrected chi connectivity index (χ0v) is 18.6. The van der Waals surface area contributed by atoms with Crippen LogP contribution in [-0.4, -0.2) is 50.3 Å². The number of nitrogens with one attached hydrogen (secondary N) is 2. The summed E-state index contributed by atoms with van der Waals surface area (Å²) in [6, 6.07) is 8.62. The van der Waals surface area contributed by atoms with Gasteiger partial charge in [-0.2, -0.15) is 0 Å². The van der Waals surface area contributed by atoms with Crippen LogP contribution in [0.15, 0.2) is 34.6 Å². The summed E-state index contributed by atoms with van der Waals surface area (Å²) in [5, 5.41) is 10.4. The fourth-order valence-corrected chi connectivity index (χ4v) is 4.42. The predicted molar refractivity (Wildman–Crippen MR) is 123 cm³/mol. The van der Waals surface area contributed by atoms with E-state index in [1.165, 1.54) is 10.7 Å². The van der Waals surface area contributed by atoms with Crippen molar-refractivity contribution < 1.29 is 4.74 Å². The predicted octanol–water partition coefficient (Wildman–Crippen LogP) is 3.62. The lowest BCUT2D eigenvalue weighted by atomic mass is 10.2. The molecule has 0 radical (unpaired) electrons. The van der Waals surface area contributed by atoms with Crippen molar-refractivity contribution in [3.8, 4) is 5.75 Å². The summed E-state index contributed by atoms with van der Waals surface area (Å²) in [5.41, 5.74) is 2.29. The minimum absolute atomic E-state index is 0.385. The molecule has 7 heteroatoms. The highest BCUT2D eigenvalue weighted by molar-refractivity contribution is 7.09. The number of aryl methyl sites for hydroxylation is 2. The molecule has 158 valence electrons. The van der Waals surface area contributed by atoms with E-state index >= 15 is 0 Å². The highest BCUT2D eigenvalue weighted by atomic mass is 32.1. The van der Waals surface area contributed by atoms with Crippen LogP contribution >= 0.6 is 11.3 Å². The highest BCUT2D eigenvalue weighted by Crippen LogP contribution is 2.30. The second kappa shape index (κ2) is 11.0. The molecule has 1 unspecified atom stereocenters. The number of thiazole rings is 1. The third-order valence-corrected chi connectivity index (χ3v) is 6.06. The molecule has 1 aliphatic rings. The maximum absolute atomic E-state index is 5.52. The van der Waals surface area contributed by atoms with Gasteiger partial charge in [-0.1, -0.05) is 12.1 Å². The summed E-state index contributed by atoms with van der Waals surface area (Å²) in [4.78, 5) is 11.7. The van der Waals surface area contributed by atoms with Gasteiger partial charge in [-0.3, -0.25) is 4.99 Å². The lowest BCUT2D eigenvalue weighted by Crippen LogP contribution is -2.44. The Balaban J connectivity index is 1.46. The van der Waals surface area contributed by atoms with Gasteiger partial charge in [0.2, 0.25) is 0 Å². The smallest absolute Gasteiger partial charge is 0.191 e. The maximum atomic E-state index is 5.52. The van der Waals surface area contributed by atoms with Gasteiger partial charge in [-0.05, 0) is 51.7 Å². The van der Waals surface area contributed by atoms with Crippen LogP contribution in [0.1, 0.15) is 36.9 Å². The number of methoxy groups -OCH3 is 1. The van der Waals surface area contributed by atoms with Gasteiger partial charge in [-0.15, -0.1) is 11.3 Å². The molecule has 1 fully saturated rings. The van der Waals surface area contributed by atoms with Crippen LogP contribution in [0.3, 0.4) is 0 Å². The molecule has 1 aromatic carbocycles. The second-order valence-electron chi connectivity index (χ2n) is 7.35. The molecule has 1 aromatic heterocycles. The van der Waals surface area contributed by atoms with E-state index in [1.807, 2.05) is 12.1 Å². The summed E-state index contributed by atoms with van der Waals surface area (Å²) >= 11 is 1.76. The summed E-state index contributed by atoms with van der Waals surface area (Å²) in [6.07, 6.45) is 4.34. The van der Waals surface area contributed by atoms with E-state index in [2.05, 4.69) is 51.9 Å². The molecule has 0 saturated carbocycles. The molecule has 3 rings (SSSR count). The van der Waals surface area contributed by atoms with Gasteiger partial charge in [-0.25, -0.2) is 4.98 Å². The normalized spacial score (nSPS) is 16.9. The SMILES string of the molecule is CCNC(=NCCCCc1nc(C)cs1)NC1CCN(c2ccccc2OC)C1. The Morgan fingerprint density at radius 1 is 1.34 bits per heavy atom. The first-order chi connectivity index (χ1) is 14.2. The number of anilines is 1. The first-order valence-electron chi connectivity index (χ1n) is 10.5. The molecule has 1 atom stereocenters. The van der Waals surface area contributed by atoms with Crippen molar-refractivity contribution in [2.24, 2.45) is 4.99 Å². The van der Waals surface area contributed by atoms with E-state index in [4.69, 9.17) is 9.73 Å². The molecule has 1 aliphatic heterocycles. The summed E-state index contributed by atoms with van der Waals surface area (Å²) in [5.74, 6) is 1.86. The molecular weight excluding hydrogens is 382 g/mol. The van der Waals surface area contributed by atoms with Gasteiger partial charge in [0.05, 0.1) is 17.8 Å². The Morgan fingerprint density at radius 3 is 2.97 bits per heavy atom. The summed E-state index contributed by atoms with van der Waals surface area (Å²) < 4.78 is 5.52. The molecular formula is C22H33N5OS. The Labute approximate surface area is 178 Å². The van der Waals surface area contributed by atoms with Crippen molar-refractivity contribution in [2.75, 3.05) is 38.2 Å². The van der Waals surface area contributed by atoms with Crippen LogP contribution in [0.25, 0.3) is 0 Å². The zero-order valence-electron chi connectivity index (χ0n) is 17.8. The number of unbranched alkanes of at least 4 members (excludes halogenated alkanes) is 1. The van der Waals surface area contributed by atoms with Crippen LogP contribution in [0.4, 0.5) is 5.69 Å². The molecule has 6 nitrogen and oxygen atoms in total. The van der Waals surface area contributed by atoms with E-state index < -0.39 is 0 Å². The lowest BCUT2D eigenvalue weighted by molar-refractivity contribution is 0.415. The third-order valence-electron chi connectivity index (χ3n) is 5.03. The van der Waals surface area contributed by atoms with Gasteiger partial charge in [0.15, 0.2) is 5.96 Å². The lowest BCUT2D eigenvalue weighted by Gasteiger charge is -2.22. The molecule has 0 amide bonds. The highest BCUT2D eigenvalue weighted by Gasteiger charge is 2.25. The van der Waals surface area contributed by atoms with Crippen LogP contribution in [0.5, 0.6) is 5.75 Å². The first kappa shape index (κ1) is 21.4. The van der Waals surface area contributed by atoms with E-state index in [0.29, 0.717) is 6.04 Å². The first-order valence-corrected chi connectivity index (χ1v) is 11.4. The topological polar surface area (TPSA) is 61.8 Å². The molecule has 2 heterocycles. The van der Waals surface area contributed by atoms with Crippen molar-refractivity contribution in [1.29, 1.82) is 0 Å². The number of nitrogens with zero attached hydrogens (tertiary/aromatic N) is 3. The van der Waals surface area contributed by atoms with Gasteiger partial charge in [0, 0.05) is 43.3 Å². The number of guanidine groups is 1. The van der Waals surface area contributed by atoms with E-state index in [9.17, 15) is 0 Å². The van der Waals surface area contributed by atoms with Crippen molar-refractivity contribution in [2.45, 2.75) is 45.6 Å². The van der Waals surface area contributed by atoms with E-state index in [0.717, 1.165) is 69.3 Å². The molecule has 0 bridgehead atoms. The number of ether oxygens (including phenoxy) is 1. The average Bonchev–Trinajstić information content (AvgIpc) is 3.36. The summed E-state index contributed by atoms with van der Waals surface area (Å²) in [6.45, 7) is 7.84. The summed E-state index contributed by atoms with van der Waals surface area (Å²) in [7, 11) is 1.73. The fourth-order valence-electron chi connectivity index (χ4n) is 3.60. The Bertz CT molecular complexity index is 791. The van der Waals surface area contributed by atoms with Crippen LogP contribution < -0.4 is 20.3 Å². The van der Waals surface area contributed by atoms with Gasteiger partial charge in [0.1, 0.15) is 5.75 Å². The second-order valence-corrected chi connectivity index (χ2v) is 8.29. The van der Waals surface area contributed by atoms with Crippen molar-refractivity contribution >= 4 is 23.0 Å². The van der Waals surface area contributed by atoms with Gasteiger partial charge < -0.3 is 20.3 Å². The standard InChI is InChI=1S/C22H33N5OS/c1-4-23-22(24-13-8-7-11-21-25-17(2)16-29-21)26-18-12-14-27(15-18)19-9-5-6-10-20(19)28-3/h5-6,9-10,16,18H,4,7-8,11-15H2,1-3H3,(H2,23,24,26). The molecule has 0 spiro atoms. The Morgan fingerprint density at radius 2 is 2.21 bits per heavy atom. The Kier molecular flexibility index (Phi) is 8.16. The molecule has 1 saturated heterocycles. The molecule has 2 aromatic rings. The Hall–Kier alpha value is -2.28. The van der Waals surface area contributed by atoms with Gasteiger partial charge >= 0.3 is 0 Å². The van der Waals surface area contributed by atoms with Crippen molar-refractivity contribution in [3.63, 3.8) is 0 Å². The van der Waals surface area contributed by atoms with Crippen LogP contribution in [0, 0.1) is 6.92 Å². The third kappa shape index (κ3) is 6.35. The van der Waals surface area contributed by atoms with Crippen molar-refractivity contribution in [3.05, 3.63) is 40.3 Å². The quantitative estimate of drug-likeness (QED) is 0.372. The average molecular weight is 416 g/mol. The molecule has 29 heavy (non-hydrogen) atoms. The number of hydrogen-bond donors (Lipinski definition) is 2. The zero-order chi connectivity index (χ0) is 20.5. The number of hydrogen-bond acceptors (Lipinski definition) is 5. The number of aromatic nitrogens is 1.